The molecule has 1 heterocycles. The molecule has 1 aromatic carbocycles. The van der Waals surface area contributed by atoms with Crippen LogP contribution >= 0.6 is 11.6 Å². The first-order valence-electron chi connectivity index (χ1n) is 6.75. The zero-order chi connectivity index (χ0) is 15.4. The summed E-state index contributed by atoms with van der Waals surface area (Å²) in [6.07, 6.45) is 0.929. The normalized spacial score (nSPS) is 22.3. The van der Waals surface area contributed by atoms with Crippen LogP contribution in [0.2, 0.25) is 5.02 Å². The van der Waals surface area contributed by atoms with Gasteiger partial charge in [-0.25, -0.2) is 14.7 Å². The molecule has 0 aliphatic carbocycles. The van der Waals surface area contributed by atoms with Gasteiger partial charge in [-0.1, -0.05) is 17.7 Å². The maximum absolute atomic E-state index is 13.7. The summed E-state index contributed by atoms with van der Waals surface area (Å²) in [7, 11) is 3.37. The van der Waals surface area contributed by atoms with Crippen LogP contribution in [0.1, 0.15) is 18.0 Å². The van der Waals surface area contributed by atoms with Gasteiger partial charge in [-0.2, -0.15) is 0 Å². The zero-order valence-electron chi connectivity index (χ0n) is 12.0. The van der Waals surface area contributed by atoms with Gasteiger partial charge in [0.1, 0.15) is 5.82 Å². The average Bonchev–Trinajstić information content (AvgIpc) is 2.81. The van der Waals surface area contributed by atoms with Crippen molar-refractivity contribution in [3.8, 4) is 0 Å². The van der Waals surface area contributed by atoms with E-state index in [4.69, 9.17) is 11.6 Å². The van der Waals surface area contributed by atoms with Crippen LogP contribution in [0.3, 0.4) is 0 Å². The molecular weight excluding hydrogens is 297 g/mol. The second-order valence-electron chi connectivity index (χ2n) is 5.16. The fourth-order valence-electron chi connectivity index (χ4n) is 2.82. The van der Waals surface area contributed by atoms with E-state index in [1.165, 1.54) is 13.2 Å². The van der Waals surface area contributed by atoms with E-state index in [2.05, 4.69) is 20.5 Å². The maximum atomic E-state index is 13.7. The third kappa shape index (κ3) is 3.84. The number of hydrogen-bond donors (Lipinski definition) is 2. The molecule has 0 spiro atoms. The lowest BCUT2D eigenvalue weighted by molar-refractivity contribution is 0.106. The highest BCUT2D eigenvalue weighted by Crippen LogP contribution is 2.36. The minimum Gasteiger partial charge on any atom is -0.336 e. The molecule has 1 fully saturated rings. The summed E-state index contributed by atoms with van der Waals surface area (Å²) < 4.78 is 13.7. The van der Waals surface area contributed by atoms with E-state index in [-0.39, 0.29) is 23.0 Å². The second kappa shape index (κ2) is 7.06. The first kappa shape index (κ1) is 16.0. The van der Waals surface area contributed by atoms with Crippen molar-refractivity contribution < 1.29 is 14.0 Å². The molecule has 0 aromatic heterocycles. The minimum absolute atomic E-state index is 0.0552. The standard InChI is InChI=1S/C14H19ClFN3O2/c1-19-6-5-10(8-17-14(20)18-21-2)13(19)9-3-4-11(15)12(16)7-9/h3-4,7,10,13H,5-6,8H2,1-2H3,(H2,17,18,20)/t10-,13-/m0/s1. The molecular formula is C14H19ClFN3O2. The molecule has 5 nitrogen and oxygen atoms in total. The van der Waals surface area contributed by atoms with E-state index in [1.807, 2.05) is 13.1 Å². The van der Waals surface area contributed by atoms with Crippen molar-refractivity contribution in [2.24, 2.45) is 5.92 Å². The summed E-state index contributed by atoms with van der Waals surface area (Å²) >= 11 is 5.73. The van der Waals surface area contributed by atoms with E-state index in [0.717, 1.165) is 18.5 Å². The number of likely N-dealkylation sites (tertiary alicyclic amines) is 1. The summed E-state index contributed by atoms with van der Waals surface area (Å²) in [6.45, 7) is 1.39. The maximum Gasteiger partial charge on any atom is 0.338 e. The van der Waals surface area contributed by atoms with Crippen LogP contribution in [0.4, 0.5) is 9.18 Å². The third-order valence-electron chi connectivity index (χ3n) is 3.78. The molecule has 1 aliphatic rings. The second-order valence-corrected chi connectivity index (χ2v) is 5.57. The molecule has 0 radical (unpaired) electrons. The van der Waals surface area contributed by atoms with Gasteiger partial charge in [-0.05, 0) is 43.6 Å². The van der Waals surface area contributed by atoms with E-state index in [9.17, 15) is 9.18 Å². The summed E-state index contributed by atoms with van der Waals surface area (Å²) in [5, 5.41) is 2.87. The average molecular weight is 316 g/mol. The van der Waals surface area contributed by atoms with Gasteiger partial charge < -0.3 is 5.32 Å². The van der Waals surface area contributed by atoms with Crippen LogP contribution in [0, 0.1) is 11.7 Å². The molecule has 2 amide bonds. The number of benzene rings is 1. The van der Waals surface area contributed by atoms with Gasteiger partial charge in [0.2, 0.25) is 0 Å². The Hall–Kier alpha value is -1.37. The number of carbonyl (C=O) groups excluding carboxylic acids is 1. The fourth-order valence-corrected chi connectivity index (χ4v) is 2.93. The minimum atomic E-state index is -0.418. The Bertz CT molecular complexity index is 515. The van der Waals surface area contributed by atoms with Crippen LogP contribution in [-0.2, 0) is 4.84 Å². The number of nitrogens with one attached hydrogen (secondary N) is 2. The first-order valence-corrected chi connectivity index (χ1v) is 7.12. The molecule has 21 heavy (non-hydrogen) atoms. The molecule has 7 heteroatoms. The molecule has 2 N–H and O–H groups in total. The van der Waals surface area contributed by atoms with Crippen LogP contribution in [0.15, 0.2) is 18.2 Å². The van der Waals surface area contributed by atoms with E-state index in [0.29, 0.717) is 6.54 Å². The first-order chi connectivity index (χ1) is 10.0. The fraction of sp³-hybridized carbons (Fsp3) is 0.500. The smallest absolute Gasteiger partial charge is 0.336 e. The Morgan fingerprint density at radius 2 is 2.33 bits per heavy atom. The van der Waals surface area contributed by atoms with Crippen molar-refractivity contribution in [2.75, 3.05) is 27.2 Å². The largest absolute Gasteiger partial charge is 0.338 e. The van der Waals surface area contributed by atoms with Crippen molar-refractivity contribution in [1.29, 1.82) is 0 Å². The molecule has 116 valence electrons. The number of hydroxylamine groups is 1. The van der Waals surface area contributed by atoms with Gasteiger partial charge in [0.15, 0.2) is 0 Å². The predicted octanol–water partition coefficient (Wildman–Crippen LogP) is 2.33. The molecule has 0 bridgehead atoms. The van der Waals surface area contributed by atoms with Crippen molar-refractivity contribution in [2.45, 2.75) is 12.5 Å². The van der Waals surface area contributed by atoms with Crippen LogP contribution < -0.4 is 10.8 Å². The van der Waals surface area contributed by atoms with Crippen molar-refractivity contribution in [1.82, 2.24) is 15.7 Å². The molecule has 2 rings (SSSR count). The Morgan fingerprint density at radius 3 is 3.00 bits per heavy atom. The number of halogens is 2. The quantitative estimate of drug-likeness (QED) is 0.839. The van der Waals surface area contributed by atoms with Crippen LogP contribution in [0.5, 0.6) is 0 Å². The predicted molar refractivity (Wildman–Crippen MR) is 78.4 cm³/mol. The Kier molecular flexibility index (Phi) is 5.39. The zero-order valence-corrected chi connectivity index (χ0v) is 12.8. The van der Waals surface area contributed by atoms with Crippen molar-refractivity contribution in [3.05, 3.63) is 34.6 Å². The van der Waals surface area contributed by atoms with Crippen molar-refractivity contribution in [3.63, 3.8) is 0 Å². The lowest BCUT2D eigenvalue weighted by atomic mass is 9.93. The van der Waals surface area contributed by atoms with Gasteiger partial charge in [0.25, 0.3) is 0 Å². The van der Waals surface area contributed by atoms with E-state index >= 15 is 0 Å². The molecule has 1 aromatic rings. The summed E-state index contributed by atoms with van der Waals surface area (Å²) in [5.74, 6) is -0.212. The topological polar surface area (TPSA) is 53.6 Å². The van der Waals surface area contributed by atoms with Gasteiger partial charge in [0.05, 0.1) is 12.1 Å². The number of urea groups is 1. The Labute approximate surface area is 128 Å². The third-order valence-corrected chi connectivity index (χ3v) is 4.09. The monoisotopic (exact) mass is 315 g/mol. The van der Waals surface area contributed by atoms with Gasteiger partial charge in [0, 0.05) is 12.6 Å². The van der Waals surface area contributed by atoms with E-state index < -0.39 is 5.82 Å². The SMILES string of the molecule is CONC(=O)NC[C@@H]1CCN(C)[C@H]1c1ccc(Cl)c(F)c1. The number of rotatable bonds is 4. The summed E-state index contributed by atoms with van der Waals surface area (Å²) in [5.41, 5.74) is 3.08. The van der Waals surface area contributed by atoms with Crippen LogP contribution in [0.25, 0.3) is 0 Å². The molecule has 1 aliphatic heterocycles. The Balaban J connectivity index is 2.07. The molecule has 0 unspecified atom stereocenters. The highest BCUT2D eigenvalue weighted by molar-refractivity contribution is 6.30. The molecule has 1 saturated heterocycles. The lowest BCUT2D eigenvalue weighted by Gasteiger charge is -2.26. The van der Waals surface area contributed by atoms with Gasteiger partial charge in [-0.3, -0.25) is 9.74 Å². The molecule has 0 saturated carbocycles. The lowest BCUT2D eigenvalue weighted by Crippen LogP contribution is -2.38. The van der Waals surface area contributed by atoms with Gasteiger partial charge >= 0.3 is 6.03 Å². The highest BCUT2D eigenvalue weighted by Gasteiger charge is 2.33. The number of amides is 2. The van der Waals surface area contributed by atoms with Crippen molar-refractivity contribution >= 4 is 17.6 Å². The number of nitrogens with zero attached hydrogens (tertiary/aromatic N) is 1. The summed E-state index contributed by atoms with van der Waals surface area (Å²) in [6, 6.07) is 4.55. The number of hydrogen-bond acceptors (Lipinski definition) is 3. The Morgan fingerprint density at radius 1 is 1.57 bits per heavy atom. The van der Waals surface area contributed by atoms with E-state index in [1.54, 1.807) is 6.07 Å². The molecule has 2 atom stereocenters. The van der Waals surface area contributed by atoms with Gasteiger partial charge in [-0.15, -0.1) is 0 Å². The summed E-state index contributed by atoms with van der Waals surface area (Å²) in [4.78, 5) is 18.1. The van der Waals surface area contributed by atoms with Crippen LogP contribution in [-0.4, -0.2) is 38.2 Å². The number of carbonyl (C=O) groups is 1. The highest BCUT2D eigenvalue weighted by atomic mass is 35.5.